The Bertz CT molecular complexity index is 375. The van der Waals surface area contributed by atoms with E-state index in [-0.39, 0.29) is 5.97 Å². The first-order chi connectivity index (χ1) is 8.59. The fourth-order valence-electron chi connectivity index (χ4n) is 1.62. The highest BCUT2D eigenvalue weighted by Gasteiger charge is 2.08. The van der Waals surface area contributed by atoms with Gasteiger partial charge in [-0.05, 0) is 50.5 Å². The molecule has 1 aromatic rings. The maximum absolute atomic E-state index is 11.6. The number of carbonyl (C=O) groups is 1. The van der Waals surface area contributed by atoms with Crippen molar-refractivity contribution in [3.8, 4) is 0 Å². The van der Waals surface area contributed by atoms with Crippen molar-refractivity contribution in [1.82, 2.24) is 0 Å². The molecule has 0 bridgehead atoms. The number of hydrogen-bond acceptors (Lipinski definition) is 3. The van der Waals surface area contributed by atoms with Gasteiger partial charge in [0.25, 0.3) is 0 Å². The smallest absolute Gasteiger partial charge is 0.348 e. The molecule has 0 saturated carbocycles. The number of rotatable bonds is 7. The van der Waals surface area contributed by atoms with Gasteiger partial charge < -0.3 is 4.74 Å². The maximum Gasteiger partial charge on any atom is 0.348 e. The van der Waals surface area contributed by atoms with Gasteiger partial charge in [0.05, 0.1) is 6.61 Å². The van der Waals surface area contributed by atoms with Crippen LogP contribution in [-0.4, -0.2) is 12.6 Å². The molecule has 100 valence electrons. The molecule has 3 heteroatoms. The van der Waals surface area contributed by atoms with Gasteiger partial charge in [-0.1, -0.05) is 24.6 Å². The highest BCUT2D eigenvalue weighted by atomic mass is 32.1. The summed E-state index contributed by atoms with van der Waals surface area (Å²) in [5.74, 6) is 0.401. The van der Waals surface area contributed by atoms with Crippen molar-refractivity contribution >= 4 is 17.3 Å². The zero-order valence-corrected chi connectivity index (χ0v) is 12.3. The summed E-state index contributed by atoms with van der Waals surface area (Å²) in [4.78, 5) is 12.3. The first-order valence-electron chi connectivity index (χ1n) is 6.43. The van der Waals surface area contributed by atoms with Crippen LogP contribution >= 0.6 is 11.3 Å². The van der Waals surface area contributed by atoms with Crippen LogP contribution in [-0.2, 0) is 4.74 Å². The minimum atomic E-state index is -0.193. The van der Waals surface area contributed by atoms with Crippen LogP contribution in [0, 0.1) is 5.92 Å². The molecule has 0 spiro atoms. The van der Waals surface area contributed by atoms with E-state index in [4.69, 9.17) is 4.74 Å². The van der Waals surface area contributed by atoms with Gasteiger partial charge in [-0.25, -0.2) is 4.79 Å². The first-order valence-corrected chi connectivity index (χ1v) is 7.31. The van der Waals surface area contributed by atoms with E-state index in [1.54, 1.807) is 6.07 Å². The molecule has 0 aliphatic rings. The van der Waals surface area contributed by atoms with Crippen molar-refractivity contribution in [1.29, 1.82) is 0 Å². The van der Waals surface area contributed by atoms with Gasteiger partial charge >= 0.3 is 5.97 Å². The minimum Gasteiger partial charge on any atom is -0.461 e. The average Bonchev–Trinajstić information content (AvgIpc) is 2.81. The van der Waals surface area contributed by atoms with Crippen LogP contribution in [0.1, 0.15) is 49.7 Å². The van der Waals surface area contributed by atoms with E-state index >= 15 is 0 Å². The van der Waals surface area contributed by atoms with Crippen molar-refractivity contribution in [3.63, 3.8) is 0 Å². The lowest BCUT2D eigenvalue weighted by molar-refractivity contribution is 0.0490. The summed E-state index contributed by atoms with van der Waals surface area (Å²) in [6.45, 7) is 6.96. The third kappa shape index (κ3) is 6.01. The Morgan fingerprint density at radius 2 is 2.22 bits per heavy atom. The van der Waals surface area contributed by atoms with Gasteiger partial charge in [0.15, 0.2) is 0 Å². The molecular weight excluding hydrogens is 244 g/mol. The SMILES string of the molecule is CC(C)=CCCC(C)CCOC(=O)c1cccs1. The Labute approximate surface area is 114 Å². The van der Waals surface area contributed by atoms with E-state index in [1.807, 2.05) is 11.4 Å². The second-order valence-corrected chi connectivity index (χ2v) is 5.81. The molecule has 0 N–H and O–H groups in total. The lowest BCUT2D eigenvalue weighted by Gasteiger charge is -2.10. The Hall–Kier alpha value is -1.09. The Morgan fingerprint density at radius 1 is 1.44 bits per heavy atom. The molecule has 0 amide bonds. The summed E-state index contributed by atoms with van der Waals surface area (Å²) in [5.41, 5.74) is 1.37. The topological polar surface area (TPSA) is 26.3 Å². The van der Waals surface area contributed by atoms with Gasteiger partial charge in [0.1, 0.15) is 4.88 Å². The number of allylic oxidation sites excluding steroid dienone is 2. The van der Waals surface area contributed by atoms with Gasteiger partial charge in [-0.15, -0.1) is 11.3 Å². The van der Waals surface area contributed by atoms with Crippen LogP contribution in [0.25, 0.3) is 0 Å². The van der Waals surface area contributed by atoms with E-state index < -0.39 is 0 Å². The molecule has 1 unspecified atom stereocenters. The first kappa shape index (κ1) is 15.0. The van der Waals surface area contributed by atoms with Gasteiger partial charge in [-0.3, -0.25) is 0 Å². The summed E-state index contributed by atoms with van der Waals surface area (Å²) in [5, 5.41) is 1.89. The lowest BCUT2D eigenvalue weighted by Crippen LogP contribution is -2.07. The molecule has 1 atom stereocenters. The van der Waals surface area contributed by atoms with E-state index in [1.165, 1.54) is 16.9 Å². The highest BCUT2D eigenvalue weighted by Crippen LogP contribution is 2.14. The molecule has 1 aromatic heterocycles. The fraction of sp³-hybridized carbons (Fsp3) is 0.533. The van der Waals surface area contributed by atoms with Crippen molar-refractivity contribution < 1.29 is 9.53 Å². The van der Waals surface area contributed by atoms with Gasteiger partial charge in [0, 0.05) is 0 Å². The number of carbonyl (C=O) groups excluding carboxylic acids is 1. The molecule has 18 heavy (non-hydrogen) atoms. The molecule has 0 aliphatic heterocycles. The minimum absolute atomic E-state index is 0.193. The van der Waals surface area contributed by atoms with E-state index in [2.05, 4.69) is 26.8 Å². The molecule has 0 aromatic carbocycles. The largest absolute Gasteiger partial charge is 0.461 e. The third-order valence-electron chi connectivity index (χ3n) is 2.78. The van der Waals surface area contributed by atoms with E-state index in [0.29, 0.717) is 17.4 Å². The van der Waals surface area contributed by atoms with Crippen molar-refractivity contribution in [2.75, 3.05) is 6.61 Å². The summed E-state index contributed by atoms with van der Waals surface area (Å²) in [7, 11) is 0. The quantitative estimate of drug-likeness (QED) is 0.529. The summed E-state index contributed by atoms with van der Waals surface area (Å²) < 4.78 is 5.24. The van der Waals surface area contributed by atoms with E-state index in [0.717, 1.165) is 19.3 Å². The Morgan fingerprint density at radius 3 is 2.83 bits per heavy atom. The predicted molar refractivity (Wildman–Crippen MR) is 77.0 cm³/mol. The zero-order valence-electron chi connectivity index (χ0n) is 11.4. The van der Waals surface area contributed by atoms with Crippen molar-refractivity contribution in [2.24, 2.45) is 5.92 Å². The summed E-state index contributed by atoms with van der Waals surface area (Å²) in [6.07, 6.45) is 5.46. The standard InChI is InChI=1S/C15H22O2S/c1-12(2)6-4-7-13(3)9-10-17-15(16)14-8-5-11-18-14/h5-6,8,11,13H,4,7,9-10H2,1-3H3. The lowest BCUT2D eigenvalue weighted by atomic mass is 10.0. The second kappa shape index (κ2) is 8.09. The van der Waals surface area contributed by atoms with Crippen molar-refractivity contribution in [3.05, 3.63) is 34.0 Å². The number of esters is 1. The van der Waals surface area contributed by atoms with Crippen molar-refractivity contribution in [2.45, 2.75) is 40.0 Å². The second-order valence-electron chi connectivity index (χ2n) is 4.87. The average molecular weight is 266 g/mol. The molecular formula is C15H22O2S. The van der Waals surface area contributed by atoms with Crippen LogP contribution in [0.4, 0.5) is 0 Å². The normalized spacial score (nSPS) is 11.9. The molecule has 0 fully saturated rings. The third-order valence-corrected chi connectivity index (χ3v) is 3.63. The molecule has 1 rings (SSSR count). The molecule has 0 saturated heterocycles. The molecule has 1 heterocycles. The van der Waals surface area contributed by atoms with Gasteiger partial charge in [0.2, 0.25) is 0 Å². The number of thiophene rings is 1. The van der Waals surface area contributed by atoms with E-state index in [9.17, 15) is 4.79 Å². The molecule has 0 radical (unpaired) electrons. The highest BCUT2D eigenvalue weighted by molar-refractivity contribution is 7.11. The number of hydrogen-bond donors (Lipinski definition) is 0. The van der Waals surface area contributed by atoms with Crippen LogP contribution in [0.2, 0.25) is 0 Å². The monoisotopic (exact) mass is 266 g/mol. The Balaban J connectivity index is 2.14. The Kier molecular flexibility index (Phi) is 6.73. The molecule has 0 aliphatic carbocycles. The van der Waals surface area contributed by atoms with Crippen LogP contribution in [0.15, 0.2) is 29.2 Å². The summed E-state index contributed by atoms with van der Waals surface area (Å²) in [6, 6.07) is 3.66. The van der Waals surface area contributed by atoms with Crippen LogP contribution in [0.5, 0.6) is 0 Å². The summed E-state index contributed by atoms with van der Waals surface area (Å²) >= 11 is 1.42. The maximum atomic E-state index is 11.6. The zero-order chi connectivity index (χ0) is 13.4. The fourth-order valence-corrected chi connectivity index (χ4v) is 2.24. The van der Waals surface area contributed by atoms with Gasteiger partial charge in [-0.2, -0.15) is 0 Å². The number of ether oxygens (including phenoxy) is 1. The van der Waals surface area contributed by atoms with Crippen LogP contribution < -0.4 is 0 Å². The predicted octanol–water partition coefficient (Wildman–Crippen LogP) is 4.68. The molecule has 2 nitrogen and oxygen atoms in total. The van der Waals surface area contributed by atoms with Crippen LogP contribution in [0.3, 0.4) is 0 Å².